The van der Waals surface area contributed by atoms with Gasteiger partial charge in [0.05, 0.1) is 0 Å². The fourth-order valence-corrected chi connectivity index (χ4v) is 2.51. The third-order valence-electron chi connectivity index (χ3n) is 3.53. The molecule has 2 N–H and O–H groups in total. The van der Waals surface area contributed by atoms with Crippen molar-refractivity contribution in [2.24, 2.45) is 0 Å². The number of aromatic hydroxyl groups is 1. The molecule has 1 aliphatic carbocycles. The average molecular weight is 312 g/mol. The first-order chi connectivity index (χ1) is 9.97. The van der Waals surface area contributed by atoms with Crippen LogP contribution in [0.25, 0.3) is 0 Å². The zero-order valence-corrected chi connectivity index (χ0v) is 12.5. The Morgan fingerprint density at radius 3 is 2.67 bits per heavy atom. The van der Waals surface area contributed by atoms with E-state index in [1.54, 1.807) is 0 Å². The van der Waals surface area contributed by atoms with Crippen LogP contribution in [-0.4, -0.2) is 29.1 Å². The normalized spacial score (nSPS) is 16.5. The molecule has 0 saturated heterocycles. The summed E-state index contributed by atoms with van der Waals surface area (Å²) >= 11 is 5.70. The second-order valence-corrected chi connectivity index (χ2v) is 5.64. The van der Waals surface area contributed by atoms with Crippen molar-refractivity contribution in [3.8, 4) is 5.75 Å². The number of nitrogens with one attached hydrogen (secondary N) is 1. The second kappa shape index (κ2) is 6.80. The predicted molar refractivity (Wildman–Crippen MR) is 78.4 cm³/mol. The van der Waals surface area contributed by atoms with Gasteiger partial charge in [-0.3, -0.25) is 4.79 Å². The Bertz CT molecular complexity index is 540. The molecular formula is C15H18ClNO4. The summed E-state index contributed by atoms with van der Waals surface area (Å²) in [5.74, 6) is -1.34. The monoisotopic (exact) mass is 311 g/mol. The summed E-state index contributed by atoms with van der Waals surface area (Å²) in [6, 6.07) is 4.26. The van der Waals surface area contributed by atoms with Gasteiger partial charge in [-0.05, 0) is 38.0 Å². The molecule has 0 heterocycles. The van der Waals surface area contributed by atoms with Gasteiger partial charge in [0.25, 0.3) is 5.91 Å². The summed E-state index contributed by atoms with van der Waals surface area (Å²) in [7, 11) is 0. The van der Waals surface area contributed by atoms with Gasteiger partial charge in [0.2, 0.25) is 0 Å². The number of hydrogen-bond donors (Lipinski definition) is 2. The van der Waals surface area contributed by atoms with Crippen molar-refractivity contribution < 1.29 is 19.4 Å². The summed E-state index contributed by atoms with van der Waals surface area (Å²) in [5, 5.41) is 12.8. The molecular weight excluding hydrogens is 294 g/mol. The van der Waals surface area contributed by atoms with Gasteiger partial charge in [0.15, 0.2) is 6.10 Å². The number of amides is 1. The first-order valence-corrected chi connectivity index (χ1v) is 7.35. The Hall–Kier alpha value is -1.75. The van der Waals surface area contributed by atoms with Crippen molar-refractivity contribution in [2.75, 3.05) is 0 Å². The predicted octanol–water partition coefficient (Wildman–Crippen LogP) is 2.65. The number of halogens is 1. The molecule has 114 valence electrons. The maximum atomic E-state index is 11.9. The molecule has 1 aromatic rings. The Kier molecular flexibility index (Phi) is 5.07. The highest BCUT2D eigenvalue weighted by atomic mass is 35.5. The Labute approximate surface area is 128 Å². The molecule has 2 rings (SSSR count). The highest BCUT2D eigenvalue weighted by molar-refractivity contribution is 6.30. The van der Waals surface area contributed by atoms with E-state index < -0.39 is 12.1 Å². The van der Waals surface area contributed by atoms with Gasteiger partial charge in [-0.1, -0.05) is 24.4 Å². The number of rotatable bonds is 4. The summed E-state index contributed by atoms with van der Waals surface area (Å²) in [6.45, 7) is 1.51. The number of phenols is 1. The molecule has 1 atom stereocenters. The van der Waals surface area contributed by atoms with E-state index >= 15 is 0 Å². The fraction of sp³-hybridized carbons (Fsp3) is 0.467. The number of hydrogen-bond acceptors (Lipinski definition) is 4. The van der Waals surface area contributed by atoms with E-state index in [-0.39, 0.29) is 23.3 Å². The number of carbonyl (C=O) groups excluding carboxylic acids is 2. The molecule has 0 bridgehead atoms. The number of carbonyl (C=O) groups is 2. The molecule has 0 aliphatic heterocycles. The van der Waals surface area contributed by atoms with E-state index in [0.29, 0.717) is 5.02 Å². The molecule has 21 heavy (non-hydrogen) atoms. The Morgan fingerprint density at radius 2 is 2.05 bits per heavy atom. The molecule has 6 heteroatoms. The van der Waals surface area contributed by atoms with Crippen LogP contribution in [-0.2, 0) is 9.53 Å². The van der Waals surface area contributed by atoms with Gasteiger partial charge < -0.3 is 15.2 Å². The lowest BCUT2D eigenvalue weighted by atomic mass is 10.2. The molecule has 0 radical (unpaired) electrons. The summed E-state index contributed by atoms with van der Waals surface area (Å²) in [6.07, 6.45) is 3.23. The standard InChI is InChI=1S/C15H18ClNO4/c1-9(14(19)17-11-4-2-3-5-11)21-15(20)12-7-6-10(16)8-13(12)18/h6-9,11,18H,2-5H2,1H3,(H,17,19)/t9-/m0/s1. The van der Waals surface area contributed by atoms with Gasteiger partial charge in [-0.15, -0.1) is 0 Å². The fourth-order valence-electron chi connectivity index (χ4n) is 2.34. The zero-order valence-electron chi connectivity index (χ0n) is 11.8. The van der Waals surface area contributed by atoms with Crippen LogP contribution in [0.15, 0.2) is 18.2 Å². The third-order valence-corrected chi connectivity index (χ3v) is 3.77. The van der Waals surface area contributed by atoms with E-state index in [9.17, 15) is 14.7 Å². The van der Waals surface area contributed by atoms with Crippen molar-refractivity contribution in [3.63, 3.8) is 0 Å². The minimum Gasteiger partial charge on any atom is -0.507 e. The zero-order chi connectivity index (χ0) is 15.4. The number of benzene rings is 1. The first kappa shape index (κ1) is 15.6. The number of phenolic OH excluding ortho intramolecular Hbond substituents is 1. The topological polar surface area (TPSA) is 75.6 Å². The number of esters is 1. The molecule has 1 fully saturated rings. The molecule has 1 aliphatic rings. The van der Waals surface area contributed by atoms with Gasteiger partial charge in [-0.2, -0.15) is 0 Å². The number of ether oxygens (including phenoxy) is 1. The summed E-state index contributed by atoms with van der Waals surface area (Å²) in [5.41, 5.74) is -0.0140. The maximum Gasteiger partial charge on any atom is 0.342 e. The average Bonchev–Trinajstić information content (AvgIpc) is 2.91. The molecule has 0 unspecified atom stereocenters. The Morgan fingerprint density at radius 1 is 1.38 bits per heavy atom. The smallest absolute Gasteiger partial charge is 0.342 e. The van der Waals surface area contributed by atoms with E-state index in [4.69, 9.17) is 16.3 Å². The van der Waals surface area contributed by atoms with Crippen molar-refractivity contribution >= 4 is 23.5 Å². The van der Waals surface area contributed by atoms with Crippen molar-refractivity contribution in [3.05, 3.63) is 28.8 Å². The lowest BCUT2D eigenvalue weighted by molar-refractivity contribution is -0.129. The van der Waals surface area contributed by atoms with Crippen molar-refractivity contribution in [1.82, 2.24) is 5.32 Å². The van der Waals surface area contributed by atoms with Crippen LogP contribution in [0.5, 0.6) is 5.75 Å². The molecule has 1 aromatic carbocycles. The molecule has 1 saturated carbocycles. The van der Waals surface area contributed by atoms with Gasteiger partial charge in [0.1, 0.15) is 11.3 Å². The van der Waals surface area contributed by atoms with E-state index in [1.165, 1.54) is 25.1 Å². The highest BCUT2D eigenvalue weighted by Crippen LogP contribution is 2.23. The van der Waals surface area contributed by atoms with Crippen LogP contribution in [0.2, 0.25) is 5.02 Å². The molecule has 0 spiro atoms. The van der Waals surface area contributed by atoms with Crippen LogP contribution in [0.3, 0.4) is 0 Å². The lowest BCUT2D eigenvalue weighted by Gasteiger charge is -2.17. The van der Waals surface area contributed by atoms with Crippen molar-refractivity contribution in [1.29, 1.82) is 0 Å². The second-order valence-electron chi connectivity index (χ2n) is 5.20. The molecule has 1 amide bonds. The minimum absolute atomic E-state index is 0.0140. The minimum atomic E-state index is -0.909. The van der Waals surface area contributed by atoms with Crippen LogP contribution in [0, 0.1) is 0 Å². The first-order valence-electron chi connectivity index (χ1n) is 6.97. The van der Waals surface area contributed by atoms with Crippen LogP contribution < -0.4 is 5.32 Å². The van der Waals surface area contributed by atoms with Gasteiger partial charge in [-0.25, -0.2) is 4.79 Å². The Balaban J connectivity index is 1.93. The SMILES string of the molecule is C[C@H](OC(=O)c1ccc(Cl)cc1O)C(=O)NC1CCCC1. The van der Waals surface area contributed by atoms with Gasteiger partial charge >= 0.3 is 5.97 Å². The van der Waals surface area contributed by atoms with E-state index in [1.807, 2.05) is 0 Å². The lowest BCUT2D eigenvalue weighted by Crippen LogP contribution is -2.40. The van der Waals surface area contributed by atoms with Gasteiger partial charge in [0, 0.05) is 11.1 Å². The summed E-state index contributed by atoms with van der Waals surface area (Å²) < 4.78 is 5.08. The van der Waals surface area contributed by atoms with Crippen LogP contribution in [0.1, 0.15) is 43.0 Å². The van der Waals surface area contributed by atoms with Crippen LogP contribution >= 0.6 is 11.6 Å². The largest absolute Gasteiger partial charge is 0.507 e. The van der Waals surface area contributed by atoms with E-state index in [2.05, 4.69) is 5.32 Å². The van der Waals surface area contributed by atoms with Crippen LogP contribution in [0.4, 0.5) is 0 Å². The highest BCUT2D eigenvalue weighted by Gasteiger charge is 2.24. The summed E-state index contributed by atoms with van der Waals surface area (Å²) in [4.78, 5) is 23.9. The maximum absolute atomic E-state index is 11.9. The third kappa shape index (κ3) is 4.11. The van der Waals surface area contributed by atoms with Crippen molar-refractivity contribution in [2.45, 2.75) is 44.8 Å². The molecule has 5 nitrogen and oxygen atoms in total. The van der Waals surface area contributed by atoms with E-state index in [0.717, 1.165) is 25.7 Å². The molecule has 0 aromatic heterocycles. The quantitative estimate of drug-likeness (QED) is 0.838.